The van der Waals surface area contributed by atoms with Crippen LogP contribution in [-0.4, -0.2) is 0 Å². The lowest BCUT2D eigenvalue weighted by molar-refractivity contribution is 1.43. The molecule has 0 aromatic heterocycles. The van der Waals surface area contributed by atoms with E-state index in [1.54, 1.807) is 0 Å². The van der Waals surface area contributed by atoms with Crippen LogP contribution < -0.4 is 0 Å². The van der Waals surface area contributed by atoms with Crippen molar-refractivity contribution >= 4 is 21.2 Å². The van der Waals surface area contributed by atoms with Gasteiger partial charge in [0.2, 0.25) is 0 Å². The van der Waals surface area contributed by atoms with Crippen molar-refractivity contribution in [1.29, 1.82) is 0 Å². The van der Waals surface area contributed by atoms with Gasteiger partial charge in [-0.3, -0.25) is 0 Å². The highest BCUT2D eigenvalue weighted by Crippen LogP contribution is 2.24. The lowest BCUT2D eigenvalue weighted by Crippen LogP contribution is -1.80. The summed E-state index contributed by atoms with van der Waals surface area (Å²) in [5.74, 6) is 0. The van der Waals surface area contributed by atoms with Gasteiger partial charge in [-0.05, 0) is 11.1 Å². The molecule has 0 unspecified atom stereocenters. The van der Waals surface area contributed by atoms with Crippen molar-refractivity contribution in [2.75, 3.05) is 0 Å². The summed E-state index contributed by atoms with van der Waals surface area (Å²) >= 11 is 0.268. The zero-order valence-corrected chi connectivity index (χ0v) is 10.7. The van der Waals surface area contributed by atoms with E-state index in [1.807, 2.05) is 0 Å². The van der Waals surface area contributed by atoms with Gasteiger partial charge in [-0.2, -0.15) is 0 Å². The molecule has 0 aliphatic carbocycles. The lowest BCUT2D eigenvalue weighted by Gasteiger charge is -2.01. The summed E-state index contributed by atoms with van der Waals surface area (Å²) in [6, 6.07) is 21.6. The molecule has 0 heterocycles. The first kappa shape index (κ1) is 10.7. The van der Waals surface area contributed by atoms with Crippen molar-refractivity contribution in [2.24, 2.45) is 0 Å². The van der Waals surface area contributed by atoms with Crippen LogP contribution >= 0.6 is 21.2 Å². The minimum Gasteiger partial charge on any atom is -0.142 e. The van der Waals surface area contributed by atoms with E-state index in [0.717, 1.165) is 0 Å². The Morgan fingerprint density at radius 3 is 1.40 bits per heavy atom. The second kappa shape index (κ2) is 5.91. The maximum absolute atomic E-state index is 2.23. The summed E-state index contributed by atoms with van der Waals surface area (Å²) in [5.41, 5.74) is 2.97. The first-order chi connectivity index (χ1) is 7.45. The van der Waals surface area contributed by atoms with Crippen LogP contribution in [0.4, 0.5) is 0 Å². The van der Waals surface area contributed by atoms with Gasteiger partial charge in [0.05, 0.1) is 0 Å². The SMILES string of the molecule is c1ccc(C[I]Cc2ccccc2)cc1. The second-order valence-electron chi connectivity index (χ2n) is 3.43. The van der Waals surface area contributed by atoms with E-state index >= 15 is 0 Å². The summed E-state index contributed by atoms with van der Waals surface area (Å²) in [6.45, 7) is 0. The Morgan fingerprint density at radius 2 is 1.00 bits per heavy atom. The third-order valence-corrected chi connectivity index (χ3v) is 5.02. The third kappa shape index (κ3) is 3.67. The molecule has 15 heavy (non-hydrogen) atoms. The lowest BCUT2D eigenvalue weighted by atomic mass is 10.2. The van der Waals surface area contributed by atoms with Crippen molar-refractivity contribution in [1.82, 2.24) is 0 Å². The van der Waals surface area contributed by atoms with Gasteiger partial charge in [0, 0.05) is 8.86 Å². The molecule has 2 aromatic carbocycles. The van der Waals surface area contributed by atoms with Gasteiger partial charge in [0.25, 0.3) is 0 Å². The molecule has 0 amide bonds. The van der Waals surface area contributed by atoms with Crippen molar-refractivity contribution in [3.05, 3.63) is 71.8 Å². The number of benzene rings is 2. The maximum Gasteiger partial charge on any atom is 0.0165 e. The van der Waals surface area contributed by atoms with Crippen LogP contribution in [0.1, 0.15) is 11.1 Å². The van der Waals surface area contributed by atoms with Crippen molar-refractivity contribution < 1.29 is 0 Å². The number of alkyl halides is 2. The Balaban J connectivity index is 1.81. The highest BCUT2D eigenvalue weighted by Gasteiger charge is 1.93. The Morgan fingerprint density at radius 1 is 0.600 bits per heavy atom. The fourth-order valence-corrected chi connectivity index (χ4v) is 3.93. The summed E-state index contributed by atoms with van der Waals surface area (Å²) < 4.78 is 2.57. The molecule has 0 saturated carbocycles. The number of halogens is 1. The van der Waals surface area contributed by atoms with Crippen LogP contribution in [0.5, 0.6) is 0 Å². The number of hydrogen-bond acceptors (Lipinski definition) is 0. The first-order valence-corrected chi connectivity index (χ1v) is 8.11. The molecule has 0 atom stereocenters. The quantitative estimate of drug-likeness (QED) is 0.581. The molecule has 0 aliphatic rings. The molecular weight excluding hydrogens is 295 g/mol. The molecule has 0 fully saturated rings. The van der Waals surface area contributed by atoms with E-state index in [9.17, 15) is 0 Å². The minimum atomic E-state index is 0.268. The molecule has 0 aliphatic heterocycles. The average molecular weight is 309 g/mol. The normalized spacial score (nSPS) is 10.1. The largest absolute Gasteiger partial charge is 0.142 e. The van der Waals surface area contributed by atoms with Gasteiger partial charge in [-0.15, -0.1) is 21.2 Å². The Labute approximate surface area is 102 Å². The van der Waals surface area contributed by atoms with Crippen LogP contribution in [0.3, 0.4) is 0 Å². The van der Waals surface area contributed by atoms with Gasteiger partial charge >= 0.3 is 0 Å². The Hall–Kier alpha value is -0.830. The molecule has 0 nitrogen and oxygen atoms in total. The van der Waals surface area contributed by atoms with Crippen LogP contribution in [0.15, 0.2) is 60.7 Å². The highest BCUT2D eigenvalue weighted by molar-refractivity contribution is 14.2. The molecule has 0 saturated heterocycles. The topological polar surface area (TPSA) is 0 Å². The van der Waals surface area contributed by atoms with E-state index < -0.39 is 0 Å². The van der Waals surface area contributed by atoms with E-state index in [2.05, 4.69) is 60.7 Å². The fraction of sp³-hybridized carbons (Fsp3) is 0.143. The van der Waals surface area contributed by atoms with E-state index in [-0.39, 0.29) is 21.2 Å². The predicted molar refractivity (Wildman–Crippen MR) is 74.3 cm³/mol. The van der Waals surface area contributed by atoms with E-state index in [0.29, 0.717) is 0 Å². The highest BCUT2D eigenvalue weighted by atomic mass is 127. The summed E-state index contributed by atoms with van der Waals surface area (Å²) in [6.07, 6.45) is 0. The molecule has 1 radical (unpaired) electrons. The smallest absolute Gasteiger partial charge is 0.0165 e. The van der Waals surface area contributed by atoms with Gasteiger partial charge in [-0.25, -0.2) is 0 Å². The van der Waals surface area contributed by atoms with E-state index in [4.69, 9.17) is 0 Å². The Bertz CT molecular complexity index is 341. The Kier molecular flexibility index (Phi) is 4.21. The first-order valence-electron chi connectivity index (χ1n) is 5.06. The maximum atomic E-state index is 2.23. The van der Waals surface area contributed by atoms with Crippen LogP contribution in [0.25, 0.3) is 0 Å². The monoisotopic (exact) mass is 309 g/mol. The molecule has 0 N–H and O–H groups in total. The molecule has 2 rings (SSSR count). The molecular formula is C14H14I. The molecule has 0 bridgehead atoms. The fourth-order valence-electron chi connectivity index (χ4n) is 1.40. The van der Waals surface area contributed by atoms with Crippen molar-refractivity contribution in [3.8, 4) is 0 Å². The predicted octanol–water partition coefficient (Wildman–Crippen LogP) is 4.36. The zero-order chi connectivity index (χ0) is 10.3. The van der Waals surface area contributed by atoms with Gasteiger partial charge in [0.15, 0.2) is 0 Å². The minimum absolute atomic E-state index is 0.268. The van der Waals surface area contributed by atoms with Crippen molar-refractivity contribution in [2.45, 2.75) is 8.86 Å². The number of hydrogen-bond donors (Lipinski definition) is 0. The summed E-state index contributed by atoms with van der Waals surface area (Å²) in [7, 11) is 0. The third-order valence-electron chi connectivity index (χ3n) is 2.18. The van der Waals surface area contributed by atoms with Crippen molar-refractivity contribution in [3.63, 3.8) is 0 Å². The molecule has 0 spiro atoms. The second-order valence-corrected chi connectivity index (χ2v) is 6.03. The zero-order valence-electron chi connectivity index (χ0n) is 8.57. The van der Waals surface area contributed by atoms with E-state index in [1.165, 1.54) is 20.0 Å². The van der Waals surface area contributed by atoms with Crippen LogP contribution in [0.2, 0.25) is 0 Å². The van der Waals surface area contributed by atoms with Crippen LogP contribution in [-0.2, 0) is 8.86 Å². The average Bonchev–Trinajstić information content (AvgIpc) is 2.32. The van der Waals surface area contributed by atoms with Gasteiger partial charge in [-0.1, -0.05) is 60.7 Å². The summed E-state index contributed by atoms with van der Waals surface area (Å²) in [5, 5.41) is 0. The summed E-state index contributed by atoms with van der Waals surface area (Å²) in [4.78, 5) is 0. The van der Waals surface area contributed by atoms with Crippen LogP contribution in [0, 0.1) is 0 Å². The standard InChI is InChI=1S/C14H14I/c1-3-7-13(8-4-1)11-15-12-14-9-5-2-6-10-14/h1-10H,11-12H2. The molecule has 1 heteroatoms. The van der Waals surface area contributed by atoms with Gasteiger partial charge < -0.3 is 0 Å². The molecule has 2 aromatic rings. The van der Waals surface area contributed by atoms with Gasteiger partial charge in [0.1, 0.15) is 0 Å². The molecule has 77 valence electrons. The number of rotatable bonds is 4.